The molecule has 16 heavy (non-hydrogen) atoms. The third-order valence-electron chi connectivity index (χ3n) is 2.19. The molecular formula is C10H18N2O3S. The molecule has 92 valence electrons. The van der Waals surface area contributed by atoms with Crippen molar-refractivity contribution in [3.63, 3.8) is 0 Å². The average molecular weight is 246 g/mol. The van der Waals surface area contributed by atoms with Crippen LogP contribution in [-0.2, 0) is 9.59 Å². The fourth-order valence-corrected chi connectivity index (χ4v) is 1.43. The highest BCUT2D eigenvalue weighted by Crippen LogP contribution is 2.04. The van der Waals surface area contributed by atoms with Crippen LogP contribution in [0.3, 0.4) is 0 Å². The Bertz CT molecular complexity index is 281. The maximum Gasteiger partial charge on any atom is 0.320 e. The SMILES string of the molecule is CC(=O)C(CCC[C@H](N)C(=O)O)NC(C)=S. The second kappa shape index (κ2) is 7.29. The van der Waals surface area contributed by atoms with E-state index in [1.807, 2.05) is 0 Å². The van der Waals surface area contributed by atoms with Crippen molar-refractivity contribution in [3.8, 4) is 0 Å². The molecule has 0 radical (unpaired) electrons. The van der Waals surface area contributed by atoms with E-state index in [1.165, 1.54) is 6.92 Å². The van der Waals surface area contributed by atoms with Gasteiger partial charge >= 0.3 is 5.97 Å². The van der Waals surface area contributed by atoms with Gasteiger partial charge < -0.3 is 16.2 Å². The number of Topliss-reactive ketones (excluding diaryl/α,β-unsaturated/α-hetero) is 1. The third kappa shape index (κ3) is 6.47. The molecule has 5 nitrogen and oxygen atoms in total. The topological polar surface area (TPSA) is 92.4 Å². The van der Waals surface area contributed by atoms with Crippen LogP contribution >= 0.6 is 12.2 Å². The normalized spacial score (nSPS) is 13.9. The lowest BCUT2D eigenvalue weighted by Gasteiger charge is -2.16. The first-order chi connectivity index (χ1) is 7.34. The summed E-state index contributed by atoms with van der Waals surface area (Å²) in [5.74, 6) is -1.02. The van der Waals surface area contributed by atoms with Crippen LogP contribution in [-0.4, -0.2) is 33.9 Å². The lowest BCUT2D eigenvalue weighted by atomic mass is 10.0. The first-order valence-corrected chi connectivity index (χ1v) is 5.51. The van der Waals surface area contributed by atoms with Gasteiger partial charge in [0.25, 0.3) is 0 Å². The average Bonchev–Trinajstić information content (AvgIpc) is 2.14. The Hall–Kier alpha value is -1.01. The van der Waals surface area contributed by atoms with Crippen molar-refractivity contribution in [2.24, 2.45) is 5.73 Å². The summed E-state index contributed by atoms with van der Waals surface area (Å²) in [6, 6.07) is -1.19. The van der Waals surface area contributed by atoms with Gasteiger partial charge in [0, 0.05) is 0 Å². The molecule has 0 aromatic heterocycles. The second-order valence-corrected chi connectivity index (χ2v) is 4.35. The second-order valence-electron chi connectivity index (χ2n) is 3.74. The summed E-state index contributed by atoms with van der Waals surface area (Å²) in [5.41, 5.74) is 5.35. The van der Waals surface area contributed by atoms with Gasteiger partial charge in [0.1, 0.15) is 6.04 Å². The van der Waals surface area contributed by atoms with Crippen LogP contribution in [0, 0.1) is 0 Å². The van der Waals surface area contributed by atoms with E-state index in [1.54, 1.807) is 6.92 Å². The zero-order valence-corrected chi connectivity index (χ0v) is 10.3. The Morgan fingerprint density at radius 3 is 2.31 bits per heavy atom. The van der Waals surface area contributed by atoms with Crippen molar-refractivity contribution >= 4 is 29.0 Å². The number of ketones is 1. The number of carbonyl (C=O) groups is 2. The third-order valence-corrected chi connectivity index (χ3v) is 2.31. The number of nitrogens with one attached hydrogen (secondary N) is 1. The van der Waals surface area contributed by atoms with Crippen LogP contribution < -0.4 is 11.1 Å². The minimum absolute atomic E-state index is 0.00639. The Labute approximate surface area is 100 Å². The van der Waals surface area contributed by atoms with E-state index < -0.39 is 12.0 Å². The smallest absolute Gasteiger partial charge is 0.320 e. The fourth-order valence-electron chi connectivity index (χ4n) is 1.29. The van der Waals surface area contributed by atoms with Crippen molar-refractivity contribution in [3.05, 3.63) is 0 Å². The molecule has 0 bridgehead atoms. The predicted molar refractivity (Wildman–Crippen MR) is 65.3 cm³/mol. The highest BCUT2D eigenvalue weighted by atomic mass is 32.1. The van der Waals surface area contributed by atoms with Gasteiger partial charge in [-0.1, -0.05) is 12.2 Å². The van der Waals surface area contributed by atoms with Gasteiger partial charge in [0.2, 0.25) is 0 Å². The fraction of sp³-hybridized carbons (Fsp3) is 0.700. The van der Waals surface area contributed by atoms with Crippen molar-refractivity contribution < 1.29 is 14.7 Å². The Balaban J connectivity index is 3.99. The van der Waals surface area contributed by atoms with Gasteiger partial charge in [-0.05, 0) is 33.1 Å². The molecule has 0 aliphatic rings. The van der Waals surface area contributed by atoms with Crippen molar-refractivity contribution in [1.29, 1.82) is 0 Å². The van der Waals surface area contributed by atoms with E-state index in [4.69, 9.17) is 23.1 Å². The summed E-state index contributed by atoms with van der Waals surface area (Å²) < 4.78 is 0. The Kier molecular flexibility index (Phi) is 6.83. The highest BCUT2D eigenvalue weighted by molar-refractivity contribution is 7.80. The number of thiocarbonyl (C=S) groups is 1. The van der Waals surface area contributed by atoms with Gasteiger partial charge in [-0.15, -0.1) is 0 Å². The number of carboxylic acid groups (broad SMARTS) is 1. The molecule has 0 saturated carbocycles. The van der Waals surface area contributed by atoms with E-state index in [2.05, 4.69) is 5.32 Å². The molecule has 0 amide bonds. The van der Waals surface area contributed by atoms with E-state index in [9.17, 15) is 9.59 Å². The molecule has 0 aliphatic carbocycles. The van der Waals surface area contributed by atoms with Crippen molar-refractivity contribution in [2.75, 3.05) is 0 Å². The van der Waals surface area contributed by atoms with E-state index in [0.717, 1.165) is 0 Å². The minimum atomic E-state index is -1.02. The van der Waals surface area contributed by atoms with Crippen LogP contribution in [0.25, 0.3) is 0 Å². The molecule has 0 spiro atoms. The zero-order valence-electron chi connectivity index (χ0n) is 9.53. The van der Waals surface area contributed by atoms with Gasteiger partial charge in [-0.3, -0.25) is 9.59 Å². The molecule has 1 unspecified atom stereocenters. The summed E-state index contributed by atoms with van der Waals surface area (Å²) in [6.45, 7) is 3.18. The summed E-state index contributed by atoms with van der Waals surface area (Å²) >= 11 is 4.85. The lowest BCUT2D eigenvalue weighted by Crippen LogP contribution is -2.38. The van der Waals surface area contributed by atoms with Crippen molar-refractivity contribution in [2.45, 2.75) is 45.2 Å². The maximum absolute atomic E-state index is 11.2. The molecular weight excluding hydrogens is 228 g/mol. The van der Waals surface area contributed by atoms with Crippen LogP contribution in [0.4, 0.5) is 0 Å². The monoisotopic (exact) mass is 246 g/mol. The number of carbonyl (C=O) groups excluding carboxylic acids is 1. The van der Waals surface area contributed by atoms with Crippen LogP contribution in [0.15, 0.2) is 0 Å². The number of nitrogens with two attached hydrogens (primary N) is 1. The van der Waals surface area contributed by atoms with Gasteiger partial charge in [-0.2, -0.15) is 0 Å². The minimum Gasteiger partial charge on any atom is -0.480 e. The highest BCUT2D eigenvalue weighted by Gasteiger charge is 2.16. The summed E-state index contributed by atoms with van der Waals surface area (Å²) in [4.78, 5) is 22.2. The molecule has 2 atom stereocenters. The molecule has 0 heterocycles. The molecule has 0 aliphatic heterocycles. The largest absolute Gasteiger partial charge is 0.480 e. The molecule has 0 aromatic rings. The predicted octanol–water partition coefficient (Wildman–Crippen LogP) is 0.463. The summed E-state index contributed by atoms with van der Waals surface area (Å²) in [6.07, 6.45) is 1.48. The first kappa shape index (κ1) is 15.0. The van der Waals surface area contributed by atoms with E-state index in [-0.39, 0.29) is 11.8 Å². The molecule has 0 fully saturated rings. The van der Waals surface area contributed by atoms with Crippen LogP contribution in [0.1, 0.15) is 33.1 Å². The summed E-state index contributed by atoms with van der Waals surface area (Å²) in [7, 11) is 0. The quantitative estimate of drug-likeness (QED) is 0.565. The number of rotatable bonds is 7. The van der Waals surface area contributed by atoms with E-state index in [0.29, 0.717) is 24.3 Å². The van der Waals surface area contributed by atoms with Crippen LogP contribution in [0.5, 0.6) is 0 Å². The molecule has 0 rings (SSSR count). The van der Waals surface area contributed by atoms with Crippen molar-refractivity contribution in [1.82, 2.24) is 5.32 Å². The number of hydrogen-bond donors (Lipinski definition) is 3. The lowest BCUT2D eigenvalue weighted by molar-refractivity contribution is -0.138. The zero-order chi connectivity index (χ0) is 12.7. The molecule has 0 saturated heterocycles. The van der Waals surface area contributed by atoms with Gasteiger partial charge in [0.15, 0.2) is 5.78 Å². The standard InChI is InChI=1S/C10H18N2O3S/c1-6(13)9(12-7(2)16)5-3-4-8(11)10(14)15/h8-9H,3-5,11H2,1-2H3,(H,12,16)(H,14,15)/t8-,9?/m0/s1. The molecule has 6 heteroatoms. The summed E-state index contributed by atoms with van der Waals surface area (Å²) in [5, 5.41) is 11.4. The molecule has 4 N–H and O–H groups in total. The maximum atomic E-state index is 11.2. The number of hydrogen-bond acceptors (Lipinski definition) is 4. The Morgan fingerprint density at radius 2 is 1.94 bits per heavy atom. The van der Waals surface area contributed by atoms with Crippen LogP contribution in [0.2, 0.25) is 0 Å². The Morgan fingerprint density at radius 1 is 1.38 bits per heavy atom. The molecule has 0 aromatic carbocycles. The van der Waals surface area contributed by atoms with E-state index >= 15 is 0 Å². The number of carboxylic acids is 1. The van der Waals surface area contributed by atoms with Gasteiger partial charge in [-0.25, -0.2) is 0 Å². The van der Waals surface area contributed by atoms with Gasteiger partial charge in [0.05, 0.1) is 11.0 Å². The first-order valence-electron chi connectivity index (χ1n) is 5.10. The number of aliphatic carboxylic acids is 1.